The summed E-state index contributed by atoms with van der Waals surface area (Å²) in [4.78, 5) is 35.9. The lowest BCUT2D eigenvalue weighted by atomic mass is 9.60. The van der Waals surface area contributed by atoms with Gasteiger partial charge in [-0.2, -0.15) is 0 Å². The van der Waals surface area contributed by atoms with Crippen molar-refractivity contribution in [3.63, 3.8) is 0 Å². The van der Waals surface area contributed by atoms with Crippen LogP contribution in [0.5, 0.6) is 0 Å². The number of carbonyl (C=O) groups is 3. The maximum absolute atomic E-state index is 12.5. The Balaban J connectivity index is 0.000000314. The van der Waals surface area contributed by atoms with E-state index in [1.165, 1.54) is 12.8 Å². The van der Waals surface area contributed by atoms with Crippen LogP contribution in [0.4, 0.5) is 4.79 Å². The van der Waals surface area contributed by atoms with E-state index in [-0.39, 0.29) is 18.8 Å². The summed E-state index contributed by atoms with van der Waals surface area (Å²) in [5, 5.41) is 26.0. The van der Waals surface area contributed by atoms with Gasteiger partial charge in [-0.25, -0.2) is 4.79 Å². The van der Waals surface area contributed by atoms with Crippen LogP contribution in [0.3, 0.4) is 0 Å². The van der Waals surface area contributed by atoms with Gasteiger partial charge in [-0.3, -0.25) is 14.5 Å². The molecule has 8 nitrogen and oxygen atoms in total. The minimum absolute atomic E-state index is 0.274. The molecule has 4 heterocycles. The average Bonchev–Trinajstić information content (AvgIpc) is 2.88. The van der Waals surface area contributed by atoms with Crippen molar-refractivity contribution in [2.75, 3.05) is 19.6 Å². The molecule has 1 amide bonds. The monoisotopic (exact) mass is 480 g/mol. The molecule has 3 saturated heterocycles. The molecule has 0 radical (unpaired) electrons. The second-order valence-corrected chi connectivity index (χ2v) is 9.49. The first kappa shape index (κ1) is 24.7. The Morgan fingerprint density at radius 2 is 1.63 bits per heavy atom. The fourth-order valence-corrected chi connectivity index (χ4v) is 6.04. The number of fused-ring (bicyclic) bond motifs is 4. The highest BCUT2D eigenvalue weighted by atomic mass is 16.4. The predicted molar refractivity (Wildman–Crippen MR) is 131 cm³/mol. The largest absolute Gasteiger partial charge is 0.481 e. The van der Waals surface area contributed by atoms with Gasteiger partial charge >= 0.3 is 18.0 Å². The maximum Gasteiger partial charge on any atom is 0.412 e. The highest BCUT2D eigenvalue weighted by Crippen LogP contribution is 2.54. The van der Waals surface area contributed by atoms with Gasteiger partial charge in [0.05, 0.1) is 12.8 Å². The van der Waals surface area contributed by atoms with Crippen LogP contribution >= 0.6 is 0 Å². The van der Waals surface area contributed by atoms with Crippen molar-refractivity contribution in [3.8, 4) is 0 Å². The summed E-state index contributed by atoms with van der Waals surface area (Å²) >= 11 is 0. The van der Waals surface area contributed by atoms with Crippen LogP contribution in [-0.4, -0.2) is 62.8 Å². The fraction of sp³-hybridized carbons (Fsp3) is 0.444. The normalized spacial score (nSPS) is 28.4. The Bertz CT molecular complexity index is 1060. The zero-order chi connectivity index (χ0) is 25.0. The SMILES string of the molecule is O=C(O)CCC(=O)O.O=C(O)N1C=Cc2ccccc2[C@@]1(C1=CCCC=C1)C1CN2CCC1CC2. The van der Waals surface area contributed by atoms with Gasteiger partial charge in [0.25, 0.3) is 0 Å². The van der Waals surface area contributed by atoms with Crippen molar-refractivity contribution >= 4 is 24.1 Å². The summed E-state index contributed by atoms with van der Waals surface area (Å²) in [5.41, 5.74) is 2.82. The Labute approximate surface area is 204 Å². The van der Waals surface area contributed by atoms with Crippen LogP contribution in [0.2, 0.25) is 0 Å². The van der Waals surface area contributed by atoms with Crippen LogP contribution in [-0.2, 0) is 15.1 Å². The van der Waals surface area contributed by atoms with E-state index in [1.54, 1.807) is 11.1 Å². The molecule has 3 N–H and O–H groups in total. The first-order valence-corrected chi connectivity index (χ1v) is 12.2. The third kappa shape index (κ3) is 4.89. The zero-order valence-electron chi connectivity index (χ0n) is 19.7. The first-order chi connectivity index (χ1) is 16.8. The second-order valence-electron chi connectivity index (χ2n) is 9.49. The minimum Gasteiger partial charge on any atom is -0.481 e. The summed E-state index contributed by atoms with van der Waals surface area (Å²) in [6.07, 6.45) is 13.3. The molecule has 6 rings (SSSR count). The number of hydrogen-bond donors (Lipinski definition) is 3. The summed E-state index contributed by atoms with van der Waals surface area (Å²) in [7, 11) is 0. The van der Waals surface area contributed by atoms with E-state index in [2.05, 4.69) is 41.3 Å². The minimum atomic E-state index is -1.08. The van der Waals surface area contributed by atoms with E-state index >= 15 is 0 Å². The van der Waals surface area contributed by atoms with Gasteiger partial charge in [-0.05, 0) is 67.5 Å². The summed E-state index contributed by atoms with van der Waals surface area (Å²) in [6, 6.07) is 8.37. The molecule has 3 fully saturated rings. The van der Waals surface area contributed by atoms with Gasteiger partial charge < -0.3 is 20.2 Å². The number of benzene rings is 1. The molecule has 5 aliphatic rings. The molecule has 35 heavy (non-hydrogen) atoms. The Morgan fingerprint density at radius 1 is 0.943 bits per heavy atom. The number of carboxylic acids is 2. The van der Waals surface area contributed by atoms with Crippen molar-refractivity contribution in [1.82, 2.24) is 9.80 Å². The molecule has 2 atom stereocenters. The Morgan fingerprint density at radius 3 is 2.17 bits per heavy atom. The standard InChI is InChI=1S/C23H26N2O2.C4H6O4/c26-22(27)25-15-12-17-6-4-5-9-20(17)23(25,19-7-2-1-3-8-19)21-16-24-13-10-18(21)11-14-24;5-3(6)1-2-4(7)8/h2,4-9,12,15,18,21H,1,3,10-11,13-14,16H2,(H,26,27);1-2H2,(H,5,6)(H,7,8)/t21?,23-;/m0./s1. The lowest BCUT2D eigenvalue weighted by Crippen LogP contribution is -2.62. The van der Waals surface area contributed by atoms with Gasteiger partial charge in [0.1, 0.15) is 5.54 Å². The summed E-state index contributed by atoms with van der Waals surface area (Å²) < 4.78 is 0. The van der Waals surface area contributed by atoms with Crippen molar-refractivity contribution < 1.29 is 29.7 Å². The second kappa shape index (κ2) is 10.5. The highest BCUT2D eigenvalue weighted by molar-refractivity contribution is 5.76. The quantitative estimate of drug-likeness (QED) is 0.572. The Kier molecular flexibility index (Phi) is 7.40. The number of nitrogens with zero attached hydrogens (tertiary/aromatic N) is 2. The highest BCUT2D eigenvalue weighted by Gasteiger charge is 2.56. The molecule has 0 spiro atoms. The molecule has 2 bridgehead atoms. The molecule has 0 aromatic heterocycles. The van der Waals surface area contributed by atoms with Crippen molar-refractivity contribution in [1.29, 1.82) is 0 Å². The number of aliphatic carboxylic acids is 2. The molecule has 0 saturated carbocycles. The van der Waals surface area contributed by atoms with Gasteiger partial charge in [-0.1, -0.05) is 42.5 Å². The van der Waals surface area contributed by atoms with Crippen molar-refractivity contribution in [2.24, 2.45) is 11.8 Å². The van der Waals surface area contributed by atoms with Crippen LogP contribution in [0, 0.1) is 11.8 Å². The number of piperidine rings is 3. The topological polar surface area (TPSA) is 118 Å². The number of hydrogen-bond acceptors (Lipinski definition) is 4. The fourth-order valence-electron chi connectivity index (χ4n) is 6.04. The van der Waals surface area contributed by atoms with Crippen LogP contribution in [0.1, 0.15) is 49.7 Å². The lowest BCUT2D eigenvalue weighted by molar-refractivity contribution is -0.143. The van der Waals surface area contributed by atoms with Crippen molar-refractivity contribution in [3.05, 3.63) is 65.4 Å². The van der Waals surface area contributed by atoms with Gasteiger partial charge in [0, 0.05) is 18.7 Å². The number of allylic oxidation sites excluding steroid dienone is 2. The molecule has 186 valence electrons. The number of carboxylic acid groups (broad SMARTS) is 3. The molecule has 1 aliphatic carbocycles. The van der Waals surface area contributed by atoms with E-state index in [0.29, 0.717) is 5.92 Å². The Hall–Kier alpha value is -3.39. The summed E-state index contributed by atoms with van der Waals surface area (Å²) in [5.74, 6) is -1.32. The first-order valence-electron chi connectivity index (χ1n) is 12.2. The molecule has 1 aromatic carbocycles. The smallest absolute Gasteiger partial charge is 0.412 e. The van der Waals surface area contributed by atoms with Gasteiger partial charge in [-0.15, -0.1) is 0 Å². The maximum atomic E-state index is 12.5. The third-order valence-electron chi connectivity index (χ3n) is 7.54. The molecule has 1 aromatic rings. The molecule has 4 aliphatic heterocycles. The van der Waals surface area contributed by atoms with E-state index in [0.717, 1.165) is 49.2 Å². The van der Waals surface area contributed by atoms with E-state index < -0.39 is 23.6 Å². The van der Waals surface area contributed by atoms with E-state index in [1.807, 2.05) is 12.1 Å². The van der Waals surface area contributed by atoms with Crippen LogP contribution in [0.15, 0.2) is 54.3 Å². The molecular formula is C27H32N2O6. The number of amides is 1. The molecule has 1 unspecified atom stereocenters. The molecule has 8 heteroatoms. The predicted octanol–water partition coefficient (Wildman–Crippen LogP) is 4.40. The van der Waals surface area contributed by atoms with E-state index in [4.69, 9.17) is 10.2 Å². The van der Waals surface area contributed by atoms with Gasteiger partial charge in [0.15, 0.2) is 0 Å². The number of rotatable bonds is 5. The van der Waals surface area contributed by atoms with Crippen LogP contribution < -0.4 is 0 Å². The van der Waals surface area contributed by atoms with Crippen LogP contribution in [0.25, 0.3) is 6.08 Å². The van der Waals surface area contributed by atoms with Gasteiger partial charge in [0.2, 0.25) is 0 Å². The van der Waals surface area contributed by atoms with Crippen molar-refractivity contribution in [2.45, 2.75) is 44.1 Å². The zero-order valence-corrected chi connectivity index (χ0v) is 19.7. The van der Waals surface area contributed by atoms with E-state index in [9.17, 15) is 19.5 Å². The average molecular weight is 481 g/mol. The summed E-state index contributed by atoms with van der Waals surface area (Å²) in [6.45, 7) is 3.27. The lowest BCUT2D eigenvalue weighted by Gasteiger charge is -2.57. The molecular weight excluding hydrogens is 448 g/mol. The third-order valence-corrected chi connectivity index (χ3v) is 7.54.